The van der Waals surface area contributed by atoms with E-state index in [4.69, 9.17) is 4.52 Å². The first-order valence-electron chi connectivity index (χ1n) is 12.2. The zero-order valence-electron chi connectivity index (χ0n) is 22.0. The van der Waals surface area contributed by atoms with Crippen molar-refractivity contribution < 1.29 is 27.4 Å². The van der Waals surface area contributed by atoms with Crippen LogP contribution in [0.5, 0.6) is 0 Å². The van der Waals surface area contributed by atoms with Gasteiger partial charge in [-0.15, -0.1) is 11.3 Å². The molecule has 2 aliphatic heterocycles. The van der Waals surface area contributed by atoms with E-state index in [-0.39, 0.29) is 40.2 Å². The summed E-state index contributed by atoms with van der Waals surface area (Å²) in [7, 11) is -7.35. The molecule has 0 aliphatic carbocycles. The second kappa shape index (κ2) is 10.7. The van der Waals surface area contributed by atoms with E-state index < -0.39 is 29.8 Å². The highest BCUT2D eigenvalue weighted by molar-refractivity contribution is 7.92. The minimum Gasteiger partial charge on any atom is -0.374 e. The van der Waals surface area contributed by atoms with Gasteiger partial charge in [-0.1, -0.05) is 20.8 Å². The van der Waals surface area contributed by atoms with Crippen molar-refractivity contribution in [2.75, 3.05) is 29.4 Å². The number of anilines is 2. The molecule has 1 saturated heterocycles. The van der Waals surface area contributed by atoms with Crippen molar-refractivity contribution in [2.45, 2.75) is 52.8 Å². The Balaban J connectivity index is 1.76. The van der Waals surface area contributed by atoms with Crippen LogP contribution < -0.4 is 20.4 Å². The number of aliphatic hydroxyl groups excluding tert-OH is 1. The molecule has 0 amide bonds. The minimum absolute atomic E-state index is 0.0213. The van der Waals surface area contributed by atoms with Crippen LogP contribution in [0.25, 0.3) is 0 Å². The van der Waals surface area contributed by atoms with Crippen LogP contribution in [0.2, 0.25) is 0 Å². The van der Waals surface area contributed by atoms with Crippen LogP contribution in [0, 0.1) is 5.41 Å². The molecule has 14 heteroatoms. The first-order valence-corrected chi connectivity index (χ1v) is 16.7. The number of hydrogen-bond acceptors (Lipinski definition) is 10. The highest BCUT2D eigenvalue weighted by Crippen LogP contribution is 2.49. The van der Waals surface area contributed by atoms with Crippen LogP contribution in [0.1, 0.15) is 39.8 Å². The number of ketones is 1. The zero-order valence-corrected chi connectivity index (χ0v) is 24.5. The van der Waals surface area contributed by atoms with Crippen molar-refractivity contribution in [1.29, 1.82) is 0 Å². The summed E-state index contributed by atoms with van der Waals surface area (Å²) in [5.41, 5.74) is 3.12. The molecule has 38 heavy (non-hydrogen) atoms. The van der Waals surface area contributed by atoms with Crippen LogP contribution in [0.4, 0.5) is 11.4 Å². The van der Waals surface area contributed by atoms with Crippen molar-refractivity contribution in [1.82, 2.24) is 15.0 Å². The van der Waals surface area contributed by atoms with E-state index in [1.165, 1.54) is 23.5 Å². The summed E-state index contributed by atoms with van der Waals surface area (Å²) in [6.45, 7) is 8.54. The fraction of sp³-hybridized carbons (Fsp3) is 0.500. The number of thiazole rings is 1. The molecule has 4 rings (SSSR count). The number of sulfonamides is 1. The highest BCUT2D eigenvalue weighted by atomic mass is 32.2. The number of nitrogens with one attached hydrogen (secondary N) is 3. The van der Waals surface area contributed by atoms with Gasteiger partial charge in [-0.05, 0) is 37.0 Å². The second-order valence-corrected chi connectivity index (χ2v) is 15.1. The average molecular weight is 584 g/mol. The van der Waals surface area contributed by atoms with E-state index in [1.54, 1.807) is 23.4 Å². The largest absolute Gasteiger partial charge is 0.374 e. The molecule has 11 nitrogen and oxygen atoms in total. The summed E-state index contributed by atoms with van der Waals surface area (Å²) < 4.78 is 45.5. The molecule has 3 unspecified atom stereocenters. The Hall–Kier alpha value is -2.28. The third kappa shape index (κ3) is 6.30. The van der Waals surface area contributed by atoms with Crippen LogP contribution in [0.15, 0.2) is 40.5 Å². The van der Waals surface area contributed by atoms with Crippen LogP contribution in [0.3, 0.4) is 0 Å². The van der Waals surface area contributed by atoms with E-state index in [9.17, 15) is 22.9 Å². The number of carbonyl (C=O) groups excluding carboxylic acids is 1. The molecular formula is C24H34N5O6PS2. The van der Waals surface area contributed by atoms with Gasteiger partial charge in [-0.25, -0.2) is 13.4 Å². The van der Waals surface area contributed by atoms with Crippen molar-refractivity contribution in [2.24, 2.45) is 5.41 Å². The van der Waals surface area contributed by atoms with E-state index in [0.717, 1.165) is 18.4 Å². The van der Waals surface area contributed by atoms with Gasteiger partial charge in [0.2, 0.25) is 10.0 Å². The molecule has 3 heterocycles. The van der Waals surface area contributed by atoms with Crippen molar-refractivity contribution in [3.8, 4) is 0 Å². The smallest absolute Gasteiger partial charge is 0.327 e. The maximum absolute atomic E-state index is 14.0. The number of hydrogen-bond donors (Lipinski definition) is 4. The van der Waals surface area contributed by atoms with Gasteiger partial charge in [-0.3, -0.25) is 24.1 Å². The Kier molecular flexibility index (Phi) is 8.09. The molecule has 4 N–H and O–H groups in total. The van der Waals surface area contributed by atoms with Crippen molar-refractivity contribution in [3.05, 3.63) is 46.2 Å². The third-order valence-corrected chi connectivity index (χ3v) is 9.65. The average Bonchev–Trinajstić information content (AvgIpc) is 3.38. The minimum atomic E-state index is -3.79. The second-order valence-electron chi connectivity index (χ2n) is 10.6. The number of aliphatic hydroxyl groups is 1. The topological polar surface area (TPSA) is 150 Å². The maximum atomic E-state index is 14.0. The Morgan fingerprint density at radius 3 is 2.66 bits per heavy atom. The summed E-state index contributed by atoms with van der Waals surface area (Å²) in [4.78, 5) is 19.9. The fourth-order valence-corrected chi connectivity index (χ4v) is 7.52. The van der Waals surface area contributed by atoms with E-state index >= 15 is 0 Å². The summed E-state index contributed by atoms with van der Waals surface area (Å²) >= 11 is 1.44. The fourth-order valence-electron chi connectivity index (χ4n) is 4.47. The van der Waals surface area contributed by atoms with Crippen molar-refractivity contribution in [3.63, 3.8) is 0 Å². The van der Waals surface area contributed by atoms with Gasteiger partial charge in [-0.2, -0.15) is 0 Å². The molecular weight excluding hydrogens is 549 g/mol. The van der Waals surface area contributed by atoms with Crippen molar-refractivity contribution >= 4 is 51.3 Å². The number of nitrogens with zero attached hydrogens (tertiary/aromatic N) is 2. The lowest BCUT2D eigenvalue weighted by Gasteiger charge is -2.32. The molecule has 208 valence electrons. The lowest BCUT2D eigenvalue weighted by Crippen LogP contribution is -2.41. The van der Waals surface area contributed by atoms with E-state index in [0.29, 0.717) is 18.7 Å². The number of carbonyl (C=O) groups is 1. The first-order chi connectivity index (χ1) is 17.7. The molecule has 0 spiro atoms. The summed E-state index contributed by atoms with van der Waals surface area (Å²) in [5.74, 6) is -0.187. The summed E-state index contributed by atoms with van der Waals surface area (Å²) in [5, 5.41) is 19.5. The Morgan fingerprint density at radius 2 is 2.05 bits per heavy atom. The van der Waals surface area contributed by atoms with Crippen LogP contribution in [-0.4, -0.2) is 60.9 Å². The predicted molar refractivity (Wildman–Crippen MR) is 149 cm³/mol. The molecule has 0 radical (unpaired) electrons. The highest BCUT2D eigenvalue weighted by Gasteiger charge is 2.47. The normalized spacial score (nSPS) is 26.1. The Labute approximate surface area is 227 Å². The standard InChI is InChI=1S/C24H34N5O6PS2/c1-6-35-36(32)19-12-15(28-38(5,33)34)7-8-17(19)26-22(27-36)20-21(30)18(11-16-13-37-14-25-16)29(23(20)31)10-9-24(2,3)4/h7-8,12-14,18,23,26,28,31H,6,9-11H2,1-5H3,(H,27,32). The summed E-state index contributed by atoms with van der Waals surface area (Å²) in [6, 6.07) is 3.87. The SMILES string of the molecule is CCOP1(=O)NC(=C2C(=O)C(Cc3cscn3)N(CCC(C)(C)C)C2O)Nc2ccc(NS(C)(=O)=O)cc21. The molecule has 1 aromatic carbocycles. The van der Waals surface area contributed by atoms with Gasteiger partial charge >= 0.3 is 7.52 Å². The van der Waals surface area contributed by atoms with E-state index in [2.05, 4.69) is 40.9 Å². The first kappa shape index (κ1) is 28.7. The lowest BCUT2D eigenvalue weighted by molar-refractivity contribution is -0.117. The molecule has 1 fully saturated rings. The molecule has 3 atom stereocenters. The predicted octanol–water partition coefficient (Wildman–Crippen LogP) is 2.85. The zero-order chi connectivity index (χ0) is 27.9. The Morgan fingerprint density at radius 1 is 1.32 bits per heavy atom. The number of aromatic nitrogens is 1. The number of fused-ring (bicyclic) bond motifs is 1. The van der Waals surface area contributed by atoms with Gasteiger partial charge < -0.3 is 14.9 Å². The van der Waals surface area contributed by atoms with Crippen LogP contribution in [-0.2, 0) is 30.3 Å². The molecule has 0 bridgehead atoms. The third-order valence-electron chi connectivity index (χ3n) is 6.26. The van der Waals surface area contributed by atoms with Gasteiger partial charge in [0.1, 0.15) is 12.0 Å². The monoisotopic (exact) mass is 583 g/mol. The molecule has 0 saturated carbocycles. The molecule has 2 aliphatic rings. The van der Waals surface area contributed by atoms with Gasteiger partial charge in [0, 0.05) is 24.0 Å². The van der Waals surface area contributed by atoms with Crippen LogP contribution >= 0.6 is 18.9 Å². The van der Waals surface area contributed by atoms with Gasteiger partial charge in [0.25, 0.3) is 0 Å². The Bertz CT molecular complexity index is 1390. The number of likely N-dealkylation sites (tertiary alicyclic amines) is 1. The number of Topliss-reactive ketones (excluding diaryl/α,β-unsaturated/α-hetero) is 1. The van der Waals surface area contributed by atoms with Gasteiger partial charge in [0.05, 0.1) is 46.7 Å². The van der Waals surface area contributed by atoms with Gasteiger partial charge in [0.15, 0.2) is 5.78 Å². The lowest BCUT2D eigenvalue weighted by atomic mass is 9.92. The number of rotatable bonds is 8. The summed E-state index contributed by atoms with van der Waals surface area (Å²) in [6.07, 6.45) is 0.853. The quantitative estimate of drug-likeness (QED) is 0.270. The van der Waals surface area contributed by atoms with E-state index in [1.807, 2.05) is 5.38 Å². The molecule has 2 aromatic rings. The maximum Gasteiger partial charge on any atom is 0.327 e. The number of benzene rings is 1. The molecule has 1 aromatic heterocycles.